The van der Waals surface area contributed by atoms with Crippen LogP contribution in [0.4, 0.5) is 0 Å². The Hall–Kier alpha value is -0.0400. The van der Waals surface area contributed by atoms with Gasteiger partial charge < -0.3 is 5.11 Å². The molecule has 126 valence electrons. The van der Waals surface area contributed by atoms with Crippen LogP contribution in [-0.2, 0) is 0 Å². The van der Waals surface area contributed by atoms with Gasteiger partial charge in [-0.25, -0.2) is 0 Å². The first-order chi connectivity index (χ1) is 10.7. The van der Waals surface area contributed by atoms with E-state index in [1.54, 1.807) is 0 Å². The minimum atomic E-state index is 0.326. The van der Waals surface area contributed by atoms with E-state index in [0.29, 0.717) is 17.4 Å². The Kier molecular flexibility index (Phi) is 3.87. The molecule has 4 rings (SSSR count). The van der Waals surface area contributed by atoms with Crippen LogP contribution in [0.3, 0.4) is 0 Å². The van der Waals surface area contributed by atoms with Crippen molar-refractivity contribution in [3.05, 3.63) is 0 Å². The van der Waals surface area contributed by atoms with Crippen LogP contribution in [0.15, 0.2) is 0 Å². The third-order valence-electron chi connectivity index (χ3n) is 9.27. The van der Waals surface area contributed by atoms with Crippen LogP contribution < -0.4 is 0 Å². The van der Waals surface area contributed by atoms with Crippen molar-refractivity contribution in [1.29, 1.82) is 0 Å². The highest BCUT2D eigenvalue weighted by atomic mass is 16.3. The van der Waals surface area contributed by atoms with Crippen LogP contribution >= 0.6 is 0 Å². The van der Waals surface area contributed by atoms with Crippen LogP contribution in [0.25, 0.3) is 0 Å². The van der Waals surface area contributed by atoms with Crippen molar-refractivity contribution >= 4 is 0 Å². The van der Waals surface area contributed by atoms with Gasteiger partial charge in [-0.2, -0.15) is 0 Å². The Morgan fingerprint density at radius 2 is 1.77 bits per heavy atom. The van der Waals surface area contributed by atoms with Gasteiger partial charge in [0, 0.05) is 6.61 Å². The molecule has 0 saturated heterocycles. The quantitative estimate of drug-likeness (QED) is 0.722. The van der Waals surface area contributed by atoms with E-state index >= 15 is 0 Å². The number of aliphatic hydroxyl groups is 1. The highest BCUT2D eigenvalue weighted by Gasteiger charge is 2.60. The van der Waals surface area contributed by atoms with Crippen LogP contribution in [0.2, 0.25) is 0 Å². The SMILES string of the molecule is CC[C@H]1CC[C@H]2[C@@H]3CCC4CCCC[C@@]4(CO)[C@H]3CC[C@]12C. The molecule has 0 radical (unpaired) electrons. The van der Waals surface area contributed by atoms with Gasteiger partial charge in [0.25, 0.3) is 0 Å². The molecule has 7 atom stereocenters. The Morgan fingerprint density at radius 1 is 0.909 bits per heavy atom. The molecule has 22 heavy (non-hydrogen) atoms. The average Bonchev–Trinajstić information content (AvgIpc) is 2.90. The van der Waals surface area contributed by atoms with Gasteiger partial charge in [-0.3, -0.25) is 0 Å². The Bertz CT molecular complexity index is 418. The van der Waals surface area contributed by atoms with E-state index in [-0.39, 0.29) is 0 Å². The standard InChI is InChI=1S/C21H36O/c1-3-15-8-10-18-17-9-7-16-6-4-5-12-21(16,14-22)19(17)11-13-20(15,18)2/h15-19,22H,3-14H2,1-2H3/t15-,16?,17-,18-,19-,20+,21-/m0/s1. The van der Waals surface area contributed by atoms with Crippen molar-refractivity contribution in [2.45, 2.75) is 84.5 Å². The first kappa shape index (κ1) is 15.5. The molecule has 0 aromatic heterocycles. The predicted molar refractivity (Wildman–Crippen MR) is 91.5 cm³/mol. The van der Waals surface area contributed by atoms with Gasteiger partial charge in [-0.1, -0.05) is 33.1 Å². The minimum absolute atomic E-state index is 0.326. The third-order valence-corrected chi connectivity index (χ3v) is 9.27. The Balaban J connectivity index is 1.65. The first-order valence-electron chi connectivity index (χ1n) is 10.3. The van der Waals surface area contributed by atoms with Crippen LogP contribution in [-0.4, -0.2) is 11.7 Å². The maximum Gasteiger partial charge on any atom is 0.0492 e. The molecule has 0 heterocycles. The molecule has 1 heteroatoms. The molecule has 4 saturated carbocycles. The maximum absolute atomic E-state index is 10.4. The van der Waals surface area contributed by atoms with Crippen LogP contribution in [0, 0.1) is 40.4 Å². The van der Waals surface area contributed by atoms with Gasteiger partial charge in [0.15, 0.2) is 0 Å². The normalized spacial score (nSPS) is 54.4. The summed E-state index contributed by atoms with van der Waals surface area (Å²) in [6, 6.07) is 0. The van der Waals surface area contributed by atoms with E-state index in [1.807, 2.05) is 0 Å². The summed E-state index contributed by atoms with van der Waals surface area (Å²) in [6.07, 6.45) is 15.7. The molecule has 0 aromatic carbocycles. The van der Waals surface area contributed by atoms with Crippen molar-refractivity contribution in [1.82, 2.24) is 0 Å². The lowest BCUT2D eigenvalue weighted by Gasteiger charge is -2.61. The average molecular weight is 305 g/mol. The second kappa shape index (κ2) is 5.50. The van der Waals surface area contributed by atoms with Gasteiger partial charge in [-0.15, -0.1) is 0 Å². The van der Waals surface area contributed by atoms with Crippen molar-refractivity contribution in [3.63, 3.8) is 0 Å². The molecule has 0 amide bonds. The van der Waals surface area contributed by atoms with Gasteiger partial charge in [0.05, 0.1) is 0 Å². The summed E-state index contributed by atoms with van der Waals surface area (Å²) in [6.45, 7) is 5.53. The lowest BCUT2D eigenvalue weighted by atomic mass is 9.44. The highest BCUT2D eigenvalue weighted by molar-refractivity contribution is 5.09. The highest BCUT2D eigenvalue weighted by Crippen LogP contribution is 2.67. The largest absolute Gasteiger partial charge is 0.396 e. The van der Waals surface area contributed by atoms with E-state index < -0.39 is 0 Å². The number of fused-ring (bicyclic) bond motifs is 5. The van der Waals surface area contributed by atoms with E-state index in [2.05, 4.69) is 13.8 Å². The van der Waals surface area contributed by atoms with Crippen molar-refractivity contribution < 1.29 is 5.11 Å². The number of hydrogen-bond donors (Lipinski definition) is 1. The third kappa shape index (κ3) is 1.93. The summed E-state index contributed by atoms with van der Waals surface area (Å²) < 4.78 is 0. The molecule has 0 bridgehead atoms. The summed E-state index contributed by atoms with van der Waals surface area (Å²) >= 11 is 0. The predicted octanol–water partition coefficient (Wildman–Crippen LogP) is 5.42. The Labute approximate surface area is 137 Å². The first-order valence-corrected chi connectivity index (χ1v) is 10.3. The lowest BCUT2D eigenvalue weighted by molar-refractivity contribution is -0.139. The molecule has 1 unspecified atom stereocenters. The maximum atomic E-state index is 10.4. The van der Waals surface area contributed by atoms with E-state index in [4.69, 9.17) is 0 Å². The molecule has 4 fully saturated rings. The molecule has 0 aromatic rings. The fourth-order valence-electron chi connectivity index (χ4n) is 8.16. The van der Waals surface area contributed by atoms with E-state index in [9.17, 15) is 5.11 Å². The summed E-state index contributed by atoms with van der Waals surface area (Å²) in [5.41, 5.74) is 0.959. The second-order valence-corrected chi connectivity index (χ2v) is 9.52. The number of hydrogen-bond acceptors (Lipinski definition) is 1. The van der Waals surface area contributed by atoms with E-state index in [0.717, 1.165) is 29.6 Å². The molecule has 0 aliphatic heterocycles. The molecular weight excluding hydrogens is 268 g/mol. The molecule has 1 N–H and O–H groups in total. The van der Waals surface area contributed by atoms with Crippen LogP contribution in [0.1, 0.15) is 84.5 Å². The number of rotatable bonds is 2. The Morgan fingerprint density at radius 3 is 2.55 bits per heavy atom. The topological polar surface area (TPSA) is 20.2 Å². The molecule has 1 nitrogen and oxygen atoms in total. The molecule has 0 spiro atoms. The van der Waals surface area contributed by atoms with Crippen molar-refractivity contribution in [3.8, 4) is 0 Å². The number of aliphatic hydroxyl groups excluding tert-OH is 1. The van der Waals surface area contributed by atoms with E-state index in [1.165, 1.54) is 70.6 Å². The summed E-state index contributed by atoms with van der Waals surface area (Å²) in [5, 5.41) is 10.4. The van der Waals surface area contributed by atoms with Gasteiger partial charge in [-0.05, 0) is 91.8 Å². The van der Waals surface area contributed by atoms with Crippen molar-refractivity contribution in [2.24, 2.45) is 40.4 Å². The van der Waals surface area contributed by atoms with Gasteiger partial charge in [0.2, 0.25) is 0 Å². The molecular formula is C21H36O. The van der Waals surface area contributed by atoms with Gasteiger partial charge >= 0.3 is 0 Å². The smallest absolute Gasteiger partial charge is 0.0492 e. The summed E-state index contributed by atoms with van der Waals surface area (Å²) in [7, 11) is 0. The van der Waals surface area contributed by atoms with Crippen molar-refractivity contribution in [2.75, 3.05) is 6.61 Å². The minimum Gasteiger partial charge on any atom is -0.396 e. The van der Waals surface area contributed by atoms with Gasteiger partial charge in [0.1, 0.15) is 0 Å². The fourth-order valence-corrected chi connectivity index (χ4v) is 8.16. The summed E-state index contributed by atoms with van der Waals surface area (Å²) in [5.74, 6) is 4.59. The van der Waals surface area contributed by atoms with Crippen LogP contribution in [0.5, 0.6) is 0 Å². The molecule has 4 aliphatic rings. The fraction of sp³-hybridized carbons (Fsp3) is 1.00. The monoisotopic (exact) mass is 304 g/mol. The lowest BCUT2D eigenvalue weighted by Crippen LogP contribution is -2.55. The molecule has 4 aliphatic carbocycles. The zero-order valence-electron chi connectivity index (χ0n) is 14.8. The second-order valence-electron chi connectivity index (χ2n) is 9.52. The summed E-state index contributed by atoms with van der Waals surface area (Å²) in [4.78, 5) is 0. The zero-order valence-corrected chi connectivity index (χ0v) is 14.8. The zero-order chi connectivity index (χ0) is 15.4.